The first-order valence-electron chi connectivity index (χ1n) is 6.86. The topological polar surface area (TPSA) is 49.6 Å². The van der Waals surface area contributed by atoms with Crippen molar-refractivity contribution in [2.24, 2.45) is 11.7 Å². The maximum absolute atomic E-state index is 12.3. The predicted molar refractivity (Wildman–Crippen MR) is 68.6 cm³/mol. The van der Waals surface area contributed by atoms with Crippen molar-refractivity contribution in [1.82, 2.24) is 9.80 Å². The van der Waals surface area contributed by atoms with E-state index in [4.69, 9.17) is 5.73 Å². The lowest BCUT2D eigenvalue weighted by Gasteiger charge is -2.37. The second-order valence-corrected chi connectivity index (χ2v) is 5.73. The average Bonchev–Trinajstić information content (AvgIpc) is 2.75. The van der Waals surface area contributed by atoms with E-state index < -0.39 is 0 Å². The third-order valence-corrected chi connectivity index (χ3v) is 4.18. The van der Waals surface area contributed by atoms with Gasteiger partial charge in [0.15, 0.2) is 0 Å². The molecule has 4 nitrogen and oxygen atoms in total. The van der Waals surface area contributed by atoms with Crippen LogP contribution in [0, 0.1) is 5.92 Å². The highest BCUT2D eigenvalue weighted by Gasteiger charge is 2.32. The summed E-state index contributed by atoms with van der Waals surface area (Å²) >= 11 is 0. The fourth-order valence-corrected chi connectivity index (χ4v) is 2.96. The Balaban J connectivity index is 1.82. The fourth-order valence-electron chi connectivity index (χ4n) is 2.96. The van der Waals surface area contributed by atoms with Gasteiger partial charge in [0.25, 0.3) is 0 Å². The molecule has 2 unspecified atom stereocenters. The minimum Gasteiger partial charge on any atom is -0.340 e. The van der Waals surface area contributed by atoms with E-state index >= 15 is 0 Å². The minimum absolute atomic E-state index is 0.204. The standard InChI is InChI=1S/C13H25N3O/c1-10(2)15-5-7-16(8-6-15)13(17)11-3-4-12(14)9-11/h10-12H,3-9,14H2,1-2H3. The van der Waals surface area contributed by atoms with Crippen molar-refractivity contribution in [1.29, 1.82) is 0 Å². The van der Waals surface area contributed by atoms with Crippen LogP contribution in [0.2, 0.25) is 0 Å². The van der Waals surface area contributed by atoms with Crippen molar-refractivity contribution in [2.45, 2.75) is 45.2 Å². The molecule has 0 aromatic carbocycles. The molecule has 0 bridgehead atoms. The second-order valence-electron chi connectivity index (χ2n) is 5.73. The van der Waals surface area contributed by atoms with E-state index in [-0.39, 0.29) is 12.0 Å². The van der Waals surface area contributed by atoms with E-state index in [1.54, 1.807) is 0 Å². The molecule has 0 radical (unpaired) electrons. The average molecular weight is 239 g/mol. The summed E-state index contributed by atoms with van der Waals surface area (Å²) in [6.45, 7) is 8.25. The Morgan fingerprint density at radius 2 is 1.82 bits per heavy atom. The van der Waals surface area contributed by atoms with Crippen molar-refractivity contribution in [2.75, 3.05) is 26.2 Å². The molecule has 1 aliphatic carbocycles. The van der Waals surface area contributed by atoms with Gasteiger partial charge in [0.05, 0.1) is 0 Å². The zero-order chi connectivity index (χ0) is 12.4. The second kappa shape index (κ2) is 5.36. The van der Waals surface area contributed by atoms with Crippen LogP contribution in [0.15, 0.2) is 0 Å². The van der Waals surface area contributed by atoms with Crippen LogP contribution in [0.3, 0.4) is 0 Å². The molecule has 2 fully saturated rings. The molecule has 17 heavy (non-hydrogen) atoms. The summed E-state index contributed by atoms with van der Waals surface area (Å²) in [5.74, 6) is 0.553. The summed E-state index contributed by atoms with van der Waals surface area (Å²) in [6.07, 6.45) is 2.90. The minimum atomic E-state index is 0.204. The van der Waals surface area contributed by atoms with Gasteiger partial charge in [-0.25, -0.2) is 0 Å². The van der Waals surface area contributed by atoms with Crippen LogP contribution in [0.4, 0.5) is 0 Å². The zero-order valence-electron chi connectivity index (χ0n) is 11.1. The molecule has 98 valence electrons. The van der Waals surface area contributed by atoms with Gasteiger partial charge in [-0.2, -0.15) is 0 Å². The number of nitrogens with two attached hydrogens (primary N) is 1. The van der Waals surface area contributed by atoms with Gasteiger partial charge in [-0.15, -0.1) is 0 Å². The lowest BCUT2D eigenvalue weighted by Crippen LogP contribution is -2.51. The van der Waals surface area contributed by atoms with Crippen molar-refractivity contribution >= 4 is 5.91 Å². The number of amides is 1. The number of hydrogen-bond donors (Lipinski definition) is 1. The highest BCUT2D eigenvalue weighted by Crippen LogP contribution is 2.26. The van der Waals surface area contributed by atoms with Gasteiger partial charge in [0.1, 0.15) is 0 Å². The molecule has 4 heteroatoms. The molecular weight excluding hydrogens is 214 g/mol. The summed E-state index contributed by atoms with van der Waals surface area (Å²) in [4.78, 5) is 16.8. The lowest BCUT2D eigenvalue weighted by atomic mass is 10.1. The van der Waals surface area contributed by atoms with Crippen LogP contribution in [-0.4, -0.2) is 54.0 Å². The molecule has 2 rings (SSSR count). The number of carbonyl (C=O) groups is 1. The molecule has 1 saturated heterocycles. The number of nitrogens with zero attached hydrogens (tertiary/aromatic N) is 2. The molecule has 2 aliphatic rings. The number of hydrogen-bond acceptors (Lipinski definition) is 3. The highest BCUT2D eigenvalue weighted by atomic mass is 16.2. The Kier molecular flexibility index (Phi) is 4.05. The lowest BCUT2D eigenvalue weighted by molar-refractivity contribution is -0.137. The quantitative estimate of drug-likeness (QED) is 0.770. The normalized spacial score (nSPS) is 31.2. The Labute approximate surface area is 104 Å². The first-order chi connectivity index (χ1) is 8.08. The van der Waals surface area contributed by atoms with Gasteiger partial charge in [0.2, 0.25) is 5.91 Å². The van der Waals surface area contributed by atoms with Gasteiger partial charge < -0.3 is 10.6 Å². The summed E-state index contributed by atoms with van der Waals surface area (Å²) in [6, 6.07) is 0.841. The Hall–Kier alpha value is -0.610. The first-order valence-corrected chi connectivity index (χ1v) is 6.86. The van der Waals surface area contributed by atoms with Crippen molar-refractivity contribution in [3.8, 4) is 0 Å². The van der Waals surface area contributed by atoms with E-state index in [0.29, 0.717) is 11.9 Å². The van der Waals surface area contributed by atoms with E-state index in [0.717, 1.165) is 45.4 Å². The summed E-state index contributed by atoms with van der Waals surface area (Å²) in [5, 5.41) is 0. The third-order valence-electron chi connectivity index (χ3n) is 4.18. The van der Waals surface area contributed by atoms with Crippen LogP contribution in [0.5, 0.6) is 0 Å². The summed E-state index contributed by atoms with van der Waals surface area (Å²) in [7, 11) is 0. The molecule has 2 N–H and O–H groups in total. The molecule has 0 aromatic rings. The third kappa shape index (κ3) is 2.99. The summed E-state index contributed by atoms with van der Waals surface area (Å²) in [5.41, 5.74) is 5.88. The molecule has 2 atom stereocenters. The van der Waals surface area contributed by atoms with E-state index in [1.165, 1.54) is 0 Å². The van der Waals surface area contributed by atoms with Crippen LogP contribution in [-0.2, 0) is 4.79 Å². The Bertz CT molecular complexity index is 272. The zero-order valence-corrected chi connectivity index (χ0v) is 11.1. The number of piperazine rings is 1. The van der Waals surface area contributed by atoms with Crippen LogP contribution in [0.25, 0.3) is 0 Å². The molecule has 0 aromatic heterocycles. The molecule has 1 aliphatic heterocycles. The van der Waals surface area contributed by atoms with Crippen molar-refractivity contribution in [3.63, 3.8) is 0 Å². The monoisotopic (exact) mass is 239 g/mol. The molecular formula is C13H25N3O. The highest BCUT2D eigenvalue weighted by molar-refractivity contribution is 5.79. The van der Waals surface area contributed by atoms with Gasteiger partial charge in [-0.1, -0.05) is 0 Å². The molecule has 1 amide bonds. The first kappa shape index (κ1) is 12.8. The van der Waals surface area contributed by atoms with Crippen LogP contribution in [0.1, 0.15) is 33.1 Å². The molecule has 1 saturated carbocycles. The van der Waals surface area contributed by atoms with Crippen molar-refractivity contribution < 1.29 is 4.79 Å². The predicted octanol–water partition coefficient (Wildman–Crippen LogP) is 0.666. The maximum Gasteiger partial charge on any atom is 0.225 e. The van der Waals surface area contributed by atoms with Gasteiger partial charge in [-0.3, -0.25) is 9.69 Å². The van der Waals surface area contributed by atoms with Crippen molar-refractivity contribution in [3.05, 3.63) is 0 Å². The SMILES string of the molecule is CC(C)N1CCN(C(=O)C2CCC(N)C2)CC1. The van der Waals surface area contributed by atoms with Gasteiger partial charge in [0, 0.05) is 44.2 Å². The van der Waals surface area contributed by atoms with E-state index in [1.807, 2.05) is 4.90 Å². The molecule has 1 heterocycles. The van der Waals surface area contributed by atoms with Gasteiger partial charge >= 0.3 is 0 Å². The van der Waals surface area contributed by atoms with Crippen LogP contribution < -0.4 is 5.73 Å². The Morgan fingerprint density at radius 3 is 2.29 bits per heavy atom. The van der Waals surface area contributed by atoms with Crippen LogP contribution >= 0.6 is 0 Å². The van der Waals surface area contributed by atoms with E-state index in [9.17, 15) is 4.79 Å². The fraction of sp³-hybridized carbons (Fsp3) is 0.923. The maximum atomic E-state index is 12.3. The number of rotatable bonds is 2. The summed E-state index contributed by atoms with van der Waals surface area (Å²) < 4.78 is 0. The van der Waals surface area contributed by atoms with E-state index in [2.05, 4.69) is 18.7 Å². The molecule has 0 spiro atoms. The number of carbonyl (C=O) groups excluding carboxylic acids is 1. The smallest absolute Gasteiger partial charge is 0.225 e. The largest absolute Gasteiger partial charge is 0.340 e. The van der Waals surface area contributed by atoms with Gasteiger partial charge in [-0.05, 0) is 33.1 Å². The Morgan fingerprint density at radius 1 is 1.18 bits per heavy atom.